The molecule has 0 saturated heterocycles. The first-order valence-electron chi connectivity index (χ1n) is 6.21. The van der Waals surface area contributed by atoms with E-state index in [9.17, 15) is 0 Å². The van der Waals surface area contributed by atoms with Gasteiger partial charge in [0.25, 0.3) is 0 Å². The third-order valence-corrected chi connectivity index (χ3v) is 2.41. The lowest BCUT2D eigenvalue weighted by molar-refractivity contribution is 0.118. The zero-order valence-electron chi connectivity index (χ0n) is 11.7. The van der Waals surface area contributed by atoms with Crippen molar-refractivity contribution in [3.8, 4) is 11.5 Å². The Labute approximate surface area is 109 Å². The van der Waals surface area contributed by atoms with Crippen molar-refractivity contribution in [1.82, 2.24) is 0 Å². The fourth-order valence-electron chi connectivity index (χ4n) is 1.53. The molecule has 0 amide bonds. The van der Waals surface area contributed by atoms with Crippen LogP contribution in [0.5, 0.6) is 11.5 Å². The molecule has 0 fully saturated rings. The van der Waals surface area contributed by atoms with E-state index in [0.29, 0.717) is 12.5 Å². The standard InChI is InChI=1S/C14H23NO3/c1-11(2)10-18-8-7-15-12-5-6-13(16-3)14(9-12)17-4/h5-6,9,11,15H,7-8,10H2,1-4H3. The van der Waals surface area contributed by atoms with Crippen LogP contribution in [0.25, 0.3) is 0 Å². The van der Waals surface area contributed by atoms with E-state index in [1.807, 2.05) is 18.2 Å². The highest BCUT2D eigenvalue weighted by Gasteiger charge is 2.03. The topological polar surface area (TPSA) is 39.7 Å². The fraction of sp³-hybridized carbons (Fsp3) is 0.571. The van der Waals surface area contributed by atoms with Crippen molar-refractivity contribution in [2.45, 2.75) is 13.8 Å². The number of ether oxygens (including phenoxy) is 3. The Hall–Kier alpha value is -1.42. The summed E-state index contributed by atoms with van der Waals surface area (Å²) in [4.78, 5) is 0. The number of benzene rings is 1. The highest BCUT2D eigenvalue weighted by molar-refractivity contribution is 5.54. The number of nitrogens with one attached hydrogen (secondary N) is 1. The van der Waals surface area contributed by atoms with Crippen LogP contribution in [-0.4, -0.2) is 34.0 Å². The van der Waals surface area contributed by atoms with E-state index in [2.05, 4.69) is 19.2 Å². The van der Waals surface area contributed by atoms with Gasteiger partial charge in [0, 0.05) is 24.9 Å². The lowest BCUT2D eigenvalue weighted by atomic mass is 10.2. The molecule has 0 aliphatic carbocycles. The minimum absolute atomic E-state index is 0.575. The van der Waals surface area contributed by atoms with E-state index < -0.39 is 0 Å². The molecule has 1 aromatic carbocycles. The monoisotopic (exact) mass is 253 g/mol. The molecule has 1 rings (SSSR count). The lowest BCUT2D eigenvalue weighted by Crippen LogP contribution is -2.12. The van der Waals surface area contributed by atoms with Crippen LogP contribution in [-0.2, 0) is 4.74 Å². The van der Waals surface area contributed by atoms with Gasteiger partial charge in [-0.2, -0.15) is 0 Å². The molecule has 0 radical (unpaired) electrons. The Morgan fingerprint density at radius 3 is 2.44 bits per heavy atom. The molecule has 0 atom stereocenters. The van der Waals surface area contributed by atoms with E-state index in [1.165, 1.54) is 0 Å². The third-order valence-electron chi connectivity index (χ3n) is 2.41. The molecular weight excluding hydrogens is 230 g/mol. The summed E-state index contributed by atoms with van der Waals surface area (Å²) in [5.41, 5.74) is 1.00. The third kappa shape index (κ3) is 4.84. The van der Waals surface area contributed by atoms with Crippen molar-refractivity contribution in [2.24, 2.45) is 5.92 Å². The fourth-order valence-corrected chi connectivity index (χ4v) is 1.53. The zero-order valence-corrected chi connectivity index (χ0v) is 11.7. The highest BCUT2D eigenvalue weighted by Crippen LogP contribution is 2.29. The van der Waals surface area contributed by atoms with Gasteiger partial charge in [-0.15, -0.1) is 0 Å². The van der Waals surface area contributed by atoms with Crippen molar-refractivity contribution in [2.75, 3.05) is 39.3 Å². The van der Waals surface area contributed by atoms with Gasteiger partial charge in [-0.25, -0.2) is 0 Å². The van der Waals surface area contributed by atoms with Crippen LogP contribution in [0.1, 0.15) is 13.8 Å². The van der Waals surface area contributed by atoms with E-state index in [1.54, 1.807) is 14.2 Å². The number of anilines is 1. The van der Waals surface area contributed by atoms with Gasteiger partial charge in [0.15, 0.2) is 11.5 Å². The first-order valence-corrected chi connectivity index (χ1v) is 6.21. The molecule has 0 aliphatic rings. The van der Waals surface area contributed by atoms with Gasteiger partial charge in [-0.3, -0.25) is 0 Å². The van der Waals surface area contributed by atoms with Crippen LogP contribution in [0.4, 0.5) is 5.69 Å². The molecule has 18 heavy (non-hydrogen) atoms. The molecule has 102 valence electrons. The summed E-state index contributed by atoms with van der Waals surface area (Å²) >= 11 is 0. The molecule has 0 aliphatic heterocycles. The zero-order chi connectivity index (χ0) is 13.4. The van der Waals surface area contributed by atoms with E-state index in [-0.39, 0.29) is 0 Å². The van der Waals surface area contributed by atoms with Crippen LogP contribution < -0.4 is 14.8 Å². The van der Waals surface area contributed by atoms with Gasteiger partial charge in [0.2, 0.25) is 0 Å². The molecule has 0 aromatic heterocycles. The number of methoxy groups -OCH3 is 2. The molecule has 1 N–H and O–H groups in total. The summed E-state index contributed by atoms with van der Waals surface area (Å²) in [6.45, 7) is 6.56. The van der Waals surface area contributed by atoms with Gasteiger partial charge >= 0.3 is 0 Å². The lowest BCUT2D eigenvalue weighted by Gasteiger charge is -2.12. The predicted molar refractivity (Wildman–Crippen MR) is 73.7 cm³/mol. The second-order valence-electron chi connectivity index (χ2n) is 4.47. The van der Waals surface area contributed by atoms with Gasteiger partial charge < -0.3 is 19.5 Å². The van der Waals surface area contributed by atoms with Gasteiger partial charge in [0.05, 0.1) is 20.8 Å². The molecular formula is C14H23NO3. The van der Waals surface area contributed by atoms with E-state index >= 15 is 0 Å². The minimum Gasteiger partial charge on any atom is -0.493 e. The summed E-state index contributed by atoms with van der Waals surface area (Å²) in [5.74, 6) is 2.04. The van der Waals surface area contributed by atoms with E-state index in [0.717, 1.165) is 30.3 Å². The molecule has 4 nitrogen and oxygen atoms in total. The molecule has 0 saturated carbocycles. The minimum atomic E-state index is 0.575. The van der Waals surface area contributed by atoms with Crippen molar-refractivity contribution >= 4 is 5.69 Å². The van der Waals surface area contributed by atoms with Gasteiger partial charge in [-0.1, -0.05) is 13.8 Å². The first kappa shape index (κ1) is 14.6. The maximum atomic E-state index is 5.50. The summed E-state index contributed by atoms with van der Waals surface area (Å²) in [6, 6.07) is 5.77. The summed E-state index contributed by atoms with van der Waals surface area (Å²) in [6.07, 6.45) is 0. The van der Waals surface area contributed by atoms with Crippen LogP contribution >= 0.6 is 0 Å². The number of hydrogen-bond acceptors (Lipinski definition) is 4. The highest BCUT2D eigenvalue weighted by atomic mass is 16.5. The van der Waals surface area contributed by atoms with Gasteiger partial charge in [0.1, 0.15) is 0 Å². The van der Waals surface area contributed by atoms with Crippen LogP contribution in [0, 0.1) is 5.92 Å². The van der Waals surface area contributed by atoms with Crippen LogP contribution in [0.3, 0.4) is 0 Å². The Morgan fingerprint density at radius 2 is 1.83 bits per heavy atom. The van der Waals surface area contributed by atoms with E-state index in [4.69, 9.17) is 14.2 Å². The van der Waals surface area contributed by atoms with Crippen molar-refractivity contribution in [3.63, 3.8) is 0 Å². The summed E-state index contributed by atoms with van der Waals surface area (Å²) in [7, 11) is 3.26. The van der Waals surface area contributed by atoms with Crippen LogP contribution in [0.2, 0.25) is 0 Å². The second kappa shape index (κ2) is 7.82. The largest absolute Gasteiger partial charge is 0.493 e. The number of rotatable bonds is 8. The second-order valence-corrected chi connectivity index (χ2v) is 4.47. The predicted octanol–water partition coefficient (Wildman–Crippen LogP) is 2.79. The summed E-state index contributed by atoms with van der Waals surface area (Å²) in [5, 5.41) is 3.28. The average molecular weight is 253 g/mol. The normalized spacial score (nSPS) is 10.5. The number of hydrogen-bond donors (Lipinski definition) is 1. The summed E-state index contributed by atoms with van der Waals surface area (Å²) < 4.78 is 15.9. The molecule has 0 bridgehead atoms. The smallest absolute Gasteiger partial charge is 0.162 e. The average Bonchev–Trinajstić information content (AvgIpc) is 2.37. The quantitative estimate of drug-likeness (QED) is 0.723. The van der Waals surface area contributed by atoms with Crippen molar-refractivity contribution in [3.05, 3.63) is 18.2 Å². The van der Waals surface area contributed by atoms with Gasteiger partial charge in [-0.05, 0) is 18.1 Å². The maximum absolute atomic E-state index is 5.50. The molecule has 0 heterocycles. The Bertz CT molecular complexity index is 353. The van der Waals surface area contributed by atoms with Crippen molar-refractivity contribution in [1.29, 1.82) is 0 Å². The Kier molecular flexibility index (Phi) is 6.36. The van der Waals surface area contributed by atoms with Crippen molar-refractivity contribution < 1.29 is 14.2 Å². The Balaban J connectivity index is 2.38. The SMILES string of the molecule is COc1ccc(NCCOCC(C)C)cc1OC. The maximum Gasteiger partial charge on any atom is 0.162 e. The molecule has 1 aromatic rings. The molecule has 4 heteroatoms. The Morgan fingerprint density at radius 1 is 1.11 bits per heavy atom. The molecule has 0 spiro atoms. The molecule has 0 unspecified atom stereocenters. The van der Waals surface area contributed by atoms with Crippen LogP contribution in [0.15, 0.2) is 18.2 Å². The first-order chi connectivity index (χ1) is 8.67.